The van der Waals surface area contributed by atoms with Crippen LogP contribution in [0.3, 0.4) is 0 Å². The molecule has 1 amide bonds. The predicted molar refractivity (Wildman–Crippen MR) is 68.9 cm³/mol. The lowest BCUT2D eigenvalue weighted by atomic mass is 9.91. The summed E-state index contributed by atoms with van der Waals surface area (Å²) in [5.74, 6) is 0.740. The van der Waals surface area contributed by atoms with Gasteiger partial charge in [-0.05, 0) is 45.2 Å². The Morgan fingerprint density at radius 2 is 2.12 bits per heavy atom. The van der Waals surface area contributed by atoms with E-state index >= 15 is 0 Å². The molecule has 1 atom stereocenters. The third-order valence-electron chi connectivity index (χ3n) is 3.30. The van der Waals surface area contributed by atoms with E-state index in [1.807, 2.05) is 0 Å². The lowest BCUT2D eigenvalue weighted by molar-refractivity contribution is -0.123. The highest BCUT2D eigenvalue weighted by Crippen LogP contribution is 2.15. The minimum absolute atomic E-state index is 0.118. The van der Waals surface area contributed by atoms with Gasteiger partial charge in [-0.1, -0.05) is 6.92 Å². The molecule has 100 valence electrons. The smallest absolute Gasteiger partial charge is 0.222 e. The van der Waals surface area contributed by atoms with Crippen LogP contribution in [0.5, 0.6) is 0 Å². The van der Waals surface area contributed by atoms with Crippen LogP contribution in [-0.2, 0) is 9.53 Å². The predicted octanol–water partition coefficient (Wildman–Crippen LogP) is 1.31. The second kappa shape index (κ2) is 8.48. The average molecular weight is 242 g/mol. The van der Waals surface area contributed by atoms with Crippen LogP contribution in [0, 0.1) is 5.92 Å². The number of piperidine rings is 1. The third-order valence-corrected chi connectivity index (χ3v) is 3.30. The monoisotopic (exact) mass is 242 g/mol. The van der Waals surface area contributed by atoms with E-state index in [2.05, 4.69) is 24.5 Å². The van der Waals surface area contributed by atoms with Gasteiger partial charge in [-0.3, -0.25) is 4.79 Å². The van der Waals surface area contributed by atoms with Crippen LogP contribution in [0.15, 0.2) is 0 Å². The van der Waals surface area contributed by atoms with Gasteiger partial charge >= 0.3 is 0 Å². The van der Waals surface area contributed by atoms with Crippen LogP contribution in [0.25, 0.3) is 0 Å². The molecular formula is C13H26N2O2. The maximum atomic E-state index is 11.7. The van der Waals surface area contributed by atoms with Crippen molar-refractivity contribution in [1.82, 2.24) is 10.6 Å². The van der Waals surface area contributed by atoms with Gasteiger partial charge in [0.15, 0.2) is 0 Å². The Bertz CT molecular complexity index is 215. The summed E-state index contributed by atoms with van der Waals surface area (Å²) in [6.45, 7) is 7.62. The highest BCUT2D eigenvalue weighted by Gasteiger charge is 2.20. The topological polar surface area (TPSA) is 50.4 Å². The number of ether oxygens (including phenoxy) is 1. The third kappa shape index (κ3) is 6.03. The molecule has 0 saturated carbocycles. The molecule has 0 aromatic carbocycles. The first kappa shape index (κ1) is 14.5. The molecule has 1 aliphatic rings. The van der Waals surface area contributed by atoms with E-state index < -0.39 is 0 Å². The van der Waals surface area contributed by atoms with Crippen LogP contribution < -0.4 is 10.6 Å². The summed E-state index contributed by atoms with van der Waals surface area (Å²) in [5.41, 5.74) is 0. The van der Waals surface area contributed by atoms with Crippen LogP contribution in [0.1, 0.15) is 39.5 Å². The van der Waals surface area contributed by atoms with Crippen molar-refractivity contribution in [2.45, 2.75) is 45.6 Å². The second-order valence-corrected chi connectivity index (χ2v) is 4.81. The van der Waals surface area contributed by atoms with Crippen LogP contribution in [0.2, 0.25) is 0 Å². The van der Waals surface area contributed by atoms with E-state index in [1.54, 1.807) is 0 Å². The van der Waals surface area contributed by atoms with Crippen LogP contribution >= 0.6 is 0 Å². The minimum Gasteiger partial charge on any atom is -0.381 e. The van der Waals surface area contributed by atoms with Gasteiger partial charge in [0.2, 0.25) is 5.91 Å². The van der Waals surface area contributed by atoms with E-state index in [-0.39, 0.29) is 11.9 Å². The zero-order valence-electron chi connectivity index (χ0n) is 11.1. The van der Waals surface area contributed by atoms with Crippen molar-refractivity contribution >= 4 is 5.91 Å². The molecule has 17 heavy (non-hydrogen) atoms. The van der Waals surface area contributed by atoms with Gasteiger partial charge < -0.3 is 15.4 Å². The fourth-order valence-corrected chi connectivity index (χ4v) is 2.20. The van der Waals surface area contributed by atoms with Gasteiger partial charge in [0.1, 0.15) is 0 Å². The van der Waals surface area contributed by atoms with Gasteiger partial charge in [-0.25, -0.2) is 0 Å². The summed E-state index contributed by atoms with van der Waals surface area (Å²) in [6, 6.07) is 0.288. The van der Waals surface area contributed by atoms with Crippen molar-refractivity contribution in [1.29, 1.82) is 0 Å². The molecule has 0 aliphatic carbocycles. The lowest BCUT2D eigenvalue weighted by Crippen LogP contribution is -2.42. The van der Waals surface area contributed by atoms with E-state index in [4.69, 9.17) is 4.74 Å². The largest absolute Gasteiger partial charge is 0.381 e. The lowest BCUT2D eigenvalue weighted by Gasteiger charge is -2.28. The van der Waals surface area contributed by atoms with Crippen LogP contribution in [-0.4, -0.2) is 38.3 Å². The molecule has 4 nitrogen and oxygen atoms in total. The van der Waals surface area contributed by atoms with Crippen molar-refractivity contribution in [3.8, 4) is 0 Å². The van der Waals surface area contributed by atoms with Crippen molar-refractivity contribution in [2.75, 3.05) is 26.3 Å². The molecule has 0 aromatic heterocycles. The van der Waals surface area contributed by atoms with E-state index in [0.717, 1.165) is 39.0 Å². The quantitative estimate of drug-likeness (QED) is 0.662. The Hall–Kier alpha value is -0.610. The Kier molecular flexibility index (Phi) is 7.21. The second-order valence-electron chi connectivity index (χ2n) is 4.81. The maximum Gasteiger partial charge on any atom is 0.222 e. The summed E-state index contributed by atoms with van der Waals surface area (Å²) in [7, 11) is 0. The summed E-state index contributed by atoms with van der Waals surface area (Å²) >= 11 is 0. The molecule has 1 saturated heterocycles. The van der Waals surface area contributed by atoms with Crippen LogP contribution in [0.4, 0.5) is 0 Å². The van der Waals surface area contributed by atoms with E-state index in [0.29, 0.717) is 18.9 Å². The average Bonchev–Trinajstić information content (AvgIpc) is 2.36. The molecule has 1 rings (SSSR count). The Balaban J connectivity index is 2.11. The molecule has 0 bridgehead atoms. The number of amides is 1. The number of carbonyl (C=O) groups is 1. The standard InChI is InChI=1S/C13H26N2O2/c1-3-9-17-10-6-13(16)15-11(2)12-4-7-14-8-5-12/h11-12,14H,3-10H2,1-2H3,(H,15,16). The van der Waals surface area contributed by atoms with Crippen molar-refractivity contribution < 1.29 is 9.53 Å². The van der Waals surface area contributed by atoms with Gasteiger partial charge in [0.25, 0.3) is 0 Å². The SMILES string of the molecule is CCCOCCC(=O)NC(C)C1CCNCC1. The van der Waals surface area contributed by atoms with Gasteiger partial charge in [0.05, 0.1) is 6.61 Å². The summed E-state index contributed by atoms with van der Waals surface area (Å²) < 4.78 is 5.31. The Labute approximate surface area is 104 Å². The summed E-state index contributed by atoms with van der Waals surface area (Å²) in [5, 5.41) is 6.42. The normalized spacial score (nSPS) is 18.9. The van der Waals surface area contributed by atoms with Crippen molar-refractivity contribution in [3.05, 3.63) is 0 Å². The maximum absolute atomic E-state index is 11.7. The molecule has 1 heterocycles. The number of carbonyl (C=O) groups excluding carboxylic acids is 1. The van der Waals surface area contributed by atoms with Gasteiger partial charge in [-0.15, -0.1) is 0 Å². The van der Waals surface area contributed by atoms with Gasteiger partial charge in [-0.2, -0.15) is 0 Å². The molecular weight excluding hydrogens is 216 g/mol. The zero-order valence-corrected chi connectivity index (χ0v) is 11.1. The first-order chi connectivity index (χ1) is 8.24. The number of rotatable bonds is 7. The molecule has 2 N–H and O–H groups in total. The summed E-state index contributed by atoms with van der Waals surface area (Å²) in [6.07, 6.45) is 3.81. The first-order valence-corrected chi connectivity index (χ1v) is 6.82. The van der Waals surface area contributed by atoms with Gasteiger partial charge in [0, 0.05) is 19.1 Å². The fraction of sp³-hybridized carbons (Fsp3) is 0.923. The highest BCUT2D eigenvalue weighted by molar-refractivity contribution is 5.76. The number of nitrogens with one attached hydrogen (secondary N) is 2. The molecule has 0 spiro atoms. The Morgan fingerprint density at radius 3 is 2.76 bits per heavy atom. The summed E-state index contributed by atoms with van der Waals surface area (Å²) in [4.78, 5) is 11.7. The molecule has 0 aromatic rings. The zero-order chi connectivity index (χ0) is 12.5. The minimum atomic E-state index is 0.118. The van der Waals surface area contributed by atoms with Crippen molar-refractivity contribution in [3.63, 3.8) is 0 Å². The van der Waals surface area contributed by atoms with E-state index in [9.17, 15) is 4.79 Å². The molecule has 0 radical (unpaired) electrons. The number of hydrogen-bond acceptors (Lipinski definition) is 3. The fourth-order valence-electron chi connectivity index (χ4n) is 2.20. The highest BCUT2D eigenvalue weighted by atomic mass is 16.5. The first-order valence-electron chi connectivity index (χ1n) is 6.82. The Morgan fingerprint density at radius 1 is 1.41 bits per heavy atom. The molecule has 1 fully saturated rings. The molecule has 4 heteroatoms. The number of hydrogen-bond donors (Lipinski definition) is 2. The molecule has 1 aliphatic heterocycles. The van der Waals surface area contributed by atoms with Crippen molar-refractivity contribution in [2.24, 2.45) is 5.92 Å². The van der Waals surface area contributed by atoms with E-state index in [1.165, 1.54) is 0 Å². The molecule has 1 unspecified atom stereocenters.